The Morgan fingerprint density at radius 1 is 1.08 bits per heavy atom. The second-order valence-corrected chi connectivity index (χ2v) is 6.64. The lowest BCUT2D eigenvalue weighted by atomic mass is 10.0. The van der Waals surface area contributed by atoms with E-state index in [4.69, 9.17) is 4.74 Å². The molecule has 2 aliphatic rings. The van der Waals surface area contributed by atoms with E-state index in [0.717, 1.165) is 12.4 Å². The zero-order valence-corrected chi connectivity index (χ0v) is 13.7. The number of carboxylic acids is 1. The van der Waals surface area contributed by atoms with E-state index >= 15 is 0 Å². The summed E-state index contributed by atoms with van der Waals surface area (Å²) in [5, 5.41) is 9.42. The van der Waals surface area contributed by atoms with Crippen molar-refractivity contribution in [2.24, 2.45) is 5.92 Å². The first-order chi connectivity index (χ1) is 12.1. The Kier molecular flexibility index (Phi) is 3.92. The maximum atomic E-state index is 12.9. The third kappa shape index (κ3) is 3.09. The van der Waals surface area contributed by atoms with Crippen LogP contribution in [0.4, 0.5) is 5.69 Å². The number of para-hydroxylation sites is 1. The number of hydrogen-bond donors (Lipinski definition) is 1. The minimum absolute atomic E-state index is 0.160. The van der Waals surface area contributed by atoms with Gasteiger partial charge in [0.1, 0.15) is 11.7 Å². The fourth-order valence-corrected chi connectivity index (χ4v) is 3.16. The summed E-state index contributed by atoms with van der Waals surface area (Å²) >= 11 is 0. The zero-order valence-electron chi connectivity index (χ0n) is 13.7. The van der Waals surface area contributed by atoms with E-state index in [1.54, 1.807) is 47.4 Å². The van der Waals surface area contributed by atoms with Gasteiger partial charge in [-0.2, -0.15) is 0 Å². The van der Waals surface area contributed by atoms with Gasteiger partial charge in [-0.1, -0.05) is 18.2 Å². The van der Waals surface area contributed by atoms with Gasteiger partial charge in [-0.05, 0) is 54.7 Å². The molecule has 0 saturated heterocycles. The van der Waals surface area contributed by atoms with Crippen molar-refractivity contribution >= 4 is 17.6 Å². The molecule has 1 aliphatic carbocycles. The normalized spacial score (nSPS) is 18.7. The Morgan fingerprint density at radius 3 is 2.48 bits per heavy atom. The van der Waals surface area contributed by atoms with Gasteiger partial charge in [0.05, 0.1) is 6.61 Å². The van der Waals surface area contributed by atoms with Crippen molar-refractivity contribution in [3.05, 3.63) is 59.7 Å². The average Bonchev–Trinajstić information content (AvgIpc) is 3.38. The maximum absolute atomic E-state index is 12.9. The number of hydrogen-bond acceptors (Lipinski definition) is 3. The fraction of sp³-hybridized carbons (Fsp3) is 0.300. The molecule has 1 heterocycles. The Bertz CT molecular complexity index is 811. The van der Waals surface area contributed by atoms with Gasteiger partial charge < -0.3 is 14.7 Å². The number of ether oxygens (including phenoxy) is 1. The summed E-state index contributed by atoms with van der Waals surface area (Å²) in [6.07, 6.45) is 2.46. The summed E-state index contributed by atoms with van der Waals surface area (Å²) < 4.78 is 5.69. The maximum Gasteiger partial charge on any atom is 0.312 e. The third-order valence-electron chi connectivity index (χ3n) is 4.80. The van der Waals surface area contributed by atoms with Gasteiger partial charge in [0.25, 0.3) is 5.91 Å². The van der Waals surface area contributed by atoms with Crippen LogP contribution in [-0.2, 0) is 4.79 Å². The van der Waals surface area contributed by atoms with E-state index in [-0.39, 0.29) is 12.5 Å². The summed E-state index contributed by atoms with van der Waals surface area (Å²) in [4.78, 5) is 25.9. The molecule has 1 amide bonds. The zero-order chi connectivity index (χ0) is 17.4. The molecule has 0 aromatic heterocycles. The summed E-state index contributed by atoms with van der Waals surface area (Å²) in [7, 11) is 0. The Hall–Kier alpha value is -2.82. The highest BCUT2D eigenvalue weighted by Gasteiger charge is 2.36. The number of nitrogens with zero attached hydrogens (tertiary/aromatic N) is 1. The van der Waals surface area contributed by atoms with E-state index < -0.39 is 11.9 Å². The van der Waals surface area contributed by atoms with Gasteiger partial charge in [-0.15, -0.1) is 0 Å². The van der Waals surface area contributed by atoms with Crippen LogP contribution in [0.3, 0.4) is 0 Å². The average molecular weight is 337 g/mol. The third-order valence-corrected chi connectivity index (χ3v) is 4.80. The van der Waals surface area contributed by atoms with Gasteiger partial charge in [0, 0.05) is 17.8 Å². The number of carbonyl (C=O) groups is 2. The molecule has 1 aliphatic heterocycles. The molecule has 25 heavy (non-hydrogen) atoms. The number of benzene rings is 2. The van der Waals surface area contributed by atoms with Gasteiger partial charge in [0.2, 0.25) is 0 Å². The van der Waals surface area contributed by atoms with Crippen LogP contribution < -0.4 is 9.64 Å². The monoisotopic (exact) mass is 337 g/mol. The van der Waals surface area contributed by atoms with Crippen molar-refractivity contribution in [3.63, 3.8) is 0 Å². The first kappa shape index (κ1) is 15.7. The molecule has 5 nitrogen and oxygen atoms in total. The number of aliphatic carboxylic acids is 1. The van der Waals surface area contributed by atoms with Crippen molar-refractivity contribution in [2.45, 2.75) is 18.8 Å². The first-order valence-electron chi connectivity index (χ1n) is 8.50. The van der Waals surface area contributed by atoms with Crippen molar-refractivity contribution in [1.29, 1.82) is 0 Å². The molecule has 1 atom stereocenters. The molecule has 0 radical (unpaired) electrons. The predicted octanol–water partition coefficient (Wildman–Crippen LogP) is 3.30. The summed E-state index contributed by atoms with van der Waals surface area (Å²) in [6, 6.07) is 14.3. The van der Waals surface area contributed by atoms with Crippen molar-refractivity contribution < 1.29 is 19.4 Å². The highest BCUT2D eigenvalue weighted by molar-refractivity contribution is 6.08. The Labute approximate surface area is 145 Å². The van der Waals surface area contributed by atoms with Crippen molar-refractivity contribution in [3.8, 4) is 5.75 Å². The highest BCUT2D eigenvalue weighted by atomic mass is 16.5. The number of rotatable bonds is 5. The highest BCUT2D eigenvalue weighted by Crippen LogP contribution is 2.37. The number of amides is 1. The summed E-state index contributed by atoms with van der Waals surface area (Å²) in [6.45, 7) is 0.889. The van der Waals surface area contributed by atoms with Gasteiger partial charge >= 0.3 is 5.97 Å². The van der Waals surface area contributed by atoms with E-state index in [1.165, 1.54) is 12.8 Å². The second-order valence-electron chi connectivity index (χ2n) is 6.64. The van der Waals surface area contributed by atoms with Crippen LogP contribution in [0.2, 0.25) is 0 Å². The molecule has 0 spiro atoms. The number of anilines is 1. The minimum Gasteiger partial charge on any atom is -0.493 e. The van der Waals surface area contributed by atoms with Crippen LogP contribution >= 0.6 is 0 Å². The van der Waals surface area contributed by atoms with E-state index in [2.05, 4.69) is 0 Å². The SMILES string of the molecule is O=C(O)[C@H]1CN(C(=O)c2ccc(OCC3CC3)cc2)c2ccccc21. The van der Waals surface area contributed by atoms with Crippen LogP contribution in [0.1, 0.15) is 34.7 Å². The minimum atomic E-state index is -0.911. The largest absolute Gasteiger partial charge is 0.493 e. The van der Waals surface area contributed by atoms with Crippen LogP contribution in [0.15, 0.2) is 48.5 Å². The molecule has 1 N–H and O–H groups in total. The molecule has 0 bridgehead atoms. The topological polar surface area (TPSA) is 66.8 Å². The lowest BCUT2D eigenvalue weighted by molar-refractivity contribution is -0.138. The van der Waals surface area contributed by atoms with Gasteiger partial charge in [-0.3, -0.25) is 9.59 Å². The molecular weight excluding hydrogens is 318 g/mol. The molecule has 1 saturated carbocycles. The van der Waals surface area contributed by atoms with Gasteiger partial charge in [0.15, 0.2) is 0 Å². The van der Waals surface area contributed by atoms with E-state index in [9.17, 15) is 14.7 Å². The molecule has 1 fully saturated rings. The van der Waals surface area contributed by atoms with Crippen molar-refractivity contribution in [2.75, 3.05) is 18.1 Å². The first-order valence-corrected chi connectivity index (χ1v) is 8.50. The molecule has 128 valence electrons. The Morgan fingerprint density at radius 2 is 1.80 bits per heavy atom. The fourth-order valence-electron chi connectivity index (χ4n) is 3.16. The summed E-state index contributed by atoms with van der Waals surface area (Å²) in [5.41, 5.74) is 1.89. The lowest BCUT2D eigenvalue weighted by Gasteiger charge is -2.17. The quantitative estimate of drug-likeness (QED) is 0.909. The summed E-state index contributed by atoms with van der Waals surface area (Å²) in [5.74, 6) is -0.345. The molecule has 2 aromatic rings. The molecule has 5 heteroatoms. The molecule has 2 aromatic carbocycles. The molecular formula is C20H19NO4. The lowest BCUT2D eigenvalue weighted by Crippen LogP contribution is -2.31. The number of carbonyl (C=O) groups excluding carboxylic acids is 1. The molecule has 4 rings (SSSR count). The van der Waals surface area contributed by atoms with Crippen molar-refractivity contribution in [1.82, 2.24) is 0 Å². The van der Waals surface area contributed by atoms with E-state index in [1.807, 2.05) is 6.07 Å². The van der Waals surface area contributed by atoms with Crippen LogP contribution in [0, 0.1) is 5.92 Å². The Balaban J connectivity index is 1.53. The predicted molar refractivity (Wildman–Crippen MR) is 93.2 cm³/mol. The van der Waals surface area contributed by atoms with Gasteiger partial charge in [-0.25, -0.2) is 0 Å². The van der Waals surface area contributed by atoms with Crippen LogP contribution in [0.5, 0.6) is 5.75 Å². The number of fused-ring (bicyclic) bond motifs is 1. The standard InChI is InChI=1S/C20H19NO4/c22-19(14-7-9-15(10-8-14)25-12-13-5-6-13)21-11-17(20(23)24)16-3-1-2-4-18(16)21/h1-4,7-10,13,17H,5-6,11-12H2,(H,23,24)/t17-/m0/s1. The molecule has 0 unspecified atom stereocenters. The van der Waals surface area contributed by atoms with E-state index in [0.29, 0.717) is 22.7 Å². The van der Waals surface area contributed by atoms with Crippen LogP contribution in [-0.4, -0.2) is 30.1 Å². The number of carboxylic acid groups (broad SMARTS) is 1. The van der Waals surface area contributed by atoms with Crippen LogP contribution in [0.25, 0.3) is 0 Å². The second kappa shape index (κ2) is 6.24. The smallest absolute Gasteiger partial charge is 0.312 e.